The summed E-state index contributed by atoms with van der Waals surface area (Å²) < 4.78 is 0. The minimum absolute atomic E-state index is 0.00632. The maximum atomic E-state index is 12.2. The van der Waals surface area contributed by atoms with Crippen molar-refractivity contribution >= 4 is 17.5 Å². The van der Waals surface area contributed by atoms with E-state index in [0.717, 1.165) is 36.5 Å². The largest absolute Gasteiger partial charge is 0.319 e. The van der Waals surface area contributed by atoms with Gasteiger partial charge in [-0.05, 0) is 50.7 Å². The molecule has 0 radical (unpaired) electrons. The van der Waals surface area contributed by atoms with Crippen LogP contribution < -0.4 is 5.32 Å². The van der Waals surface area contributed by atoms with Gasteiger partial charge >= 0.3 is 0 Å². The Morgan fingerprint density at radius 3 is 2.50 bits per heavy atom. The van der Waals surface area contributed by atoms with E-state index in [2.05, 4.69) is 17.3 Å². The predicted octanol–water partition coefficient (Wildman–Crippen LogP) is 1.86. The zero-order chi connectivity index (χ0) is 14.1. The summed E-state index contributed by atoms with van der Waals surface area (Å²) >= 11 is 5.94. The maximum absolute atomic E-state index is 12.2. The summed E-state index contributed by atoms with van der Waals surface area (Å²) in [6.45, 7) is 2.54. The fraction of sp³-hybridized carbons (Fsp3) is 0.533. The summed E-state index contributed by atoms with van der Waals surface area (Å²) in [5, 5.41) is 4.05. The Bertz CT molecular complexity index is 482. The number of rotatable bonds is 2. The van der Waals surface area contributed by atoms with E-state index in [1.165, 1.54) is 0 Å². The molecule has 20 heavy (non-hydrogen) atoms. The fourth-order valence-corrected chi connectivity index (χ4v) is 3.25. The molecule has 0 spiro atoms. The third kappa shape index (κ3) is 2.68. The van der Waals surface area contributed by atoms with Gasteiger partial charge in [0.05, 0.1) is 6.54 Å². The minimum atomic E-state index is -0.00632. The van der Waals surface area contributed by atoms with Crippen molar-refractivity contribution in [3.05, 3.63) is 34.9 Å². The molecule has 4 nitrogen and oxygen atoms in total. The van der Waals surface area contributed by atoms with Crippen LogP contribution in [0.15, 0.2) is 24.3 Å². The molecule has 0 aliphatic carbocycles. The lowest BCUT2D eigenvalue weighted by molar-refractivity contribution is -0.131. The molecule has 3 rings (SSSR count). The molecule has 2 aliphatic rings. The third-order valence-corrected chi connectivity index (χ3v) is 4.53. The number of halogens is 1. The number of hydrogen-bond acceptors (Lipinski definition) is 3. The van der Waals surface area contributed by atoms with Gasteiger partial charge in [-0.15, -0.1) is 0 Å². The lowest BCUT2D eigenvalue weighted by atomic mass is 10.0. The molecule has 0 saturated carbocycles. The van der Waals surface area contributed by atoms with Crippen molar-refractivity contribution in [2.45, 2.75) is 25.0 Å². The lowest BCUT2D eigenvalue weighted by Crippen LogP contribution is -2.46. The van der Waals surface area contributed by atoms with Gasteiger partial charge in [0.25, 0.3) is 0 Å². The van der Waals surface area contributed by atoms with E-state index >= 15 is 0 Å². The van der Waals surface area contributed by atoms with Gasteiger partial charge < -0.3 is 9.80 Å². The molecule has 2 fully saturated rings. The van der Waals surface area contributed by atoms with Crippen molar-refractivity contribution in [2.24, 2.45) is 0 Å². The van der Waals surface area contributed by atoms with Gasteiger partial charge in [0.1, 0.15) is 6.17 Å². The Labute approximate surface area is 124 Å². The number of benzene rings is 1. The SMILES string of the molecule is CN1CCC(N2C(=O)CNC2c2ccc(Cl)cc2)CC1. The van der Waals surface area contributed by atoms with Crippen LogP contribution in [0.5, 0.6) is 0 Å². The number of piperidine rings is 1. The Morgan fingerprint density at radius 1 is 1.20 bits per heavy atom. The van der Waals surface area contributed by atoms with Crippen LogP contribution in [0.25, 0.3) is 0 Å². The second kappa shape index (κ2) is 5.72. The highest BCUT2D eigenvalue weighted by molar-refractivity contribution is 6.30. The van der Waals surface area contributed by atoms with Crippen LogP contribution in [-0.4, -0.2) is 48.4 Å². The second-order valence-corrected chi connectivity index (χ2v) is 6.11. The number of amides is 1. The molecule has 1 unspecified atom stereocenters. The fourth-order valence-electron chi connectivity index (χ4n) is 3.13. The first-order valence-electron chi connectivity index (χ1n) is 7.14. The van der Waals surface area contributed by atoms with Gasteiger partial charge in [-0.2, -0.15) is 0 Å². The molecular weight excluding hydrogens is 274 g/mol. The van der Waals surface area contributed by atoms with Gasteiger partial charge in [-0.25, -0.2) is 0 Å². The van der Waals surface area contributed by atoms with Crippen molar-refractivity contribution in [3.8, 4) is 0 Å². The molecule has 0 bridgehead atoms. The van der Waals surface area contributed by atoms with Crippen LogP contribution in [0.2, 0.25) is 5.02 Å². The summed E-state index contributed by atoms with van der Waals surface area (Å²) in [5.41, 5.74) is 1.11. The van der Waals surface area contributed by atoms with Gasteiger partial charge in [0.2, 0.25) is 5.91 Å². The Kier molecular flexibility index (Phi) is 3.96. The van der Waals surface area contributed by atoms with Crippen LogP contribution in [-0.2, 0) is 4.79 Å². The van der Waals surface area contributed by atoms with Crippen molar-refractivity contribution < 1.29 is 4.79 Å². The van der Waals surface area contributed by atoms with E-state index in [1.54, 1.807) is 0 Å². The lowest BCUT2D eigenvalue weighted by Gasteiger charge is -2.38. The van der Waals surface area contributed by atoms with Gasteiger partial charge in [0, 0.05) is 11.1 Å². The predicted molar refractivity (Wildman–Crippen MR) is 79.6 cm³/mol. The molecule has 2 heterocycles. The average Bonchev–Trinajstić information content (AvgIpc) is 2.83. The third-order valence-electron chi connectivity index (χ3n) is 4.28. The molecule has 5 heteroatoms. The summed E-state index contributed by atoms with van der Waals surface area (Å²) in [4.78, 5) is 16.6. The minimum Gasteiger partial charge on any atom is -0.319 e. The normalized spacial score (nSPS) is 25.4. The molecule has 2 aliphatic heterocycles. The summed E-state index contributed by atoms with van der Waals surface area (Å²) in [5.74, 6) is 0.208. The van der Waals surface area contributed by atoms with E-state index in [9.17, 15) is 4.79 Å². The van der Waals surface area contributed by atoms with Crippen molar-refractivity contribution in [1.29, 1.82) is 0 Å². The van der Waals surface area contributed by atoms with Crippen LogP contribution in [0.3, 0.4) is 0 Å². The molecule has 1 aromatic carbocycles. The van der Waals surface area contributed by atoms with Crippen molar-refractivity contribution in [2.75, 3.05) is 26.7 Å². The molecule has 1 atom stereocenters. The number of carbonyl (C=O) groups is 1. The number of nitrogens with one attached hydrogen (secondary N) is 1. The highest BCUT2D eigenvalue weighted by Gasteiger charge is 2.37. The van der Waals surface area contributed by atoms with Gasteiger partial charge in [-0.1, -0.05) is 23.7 Å². The molecule has 108 valence electrons. The van der Waals surface area contributed by atoms with E-state index in [-0.39, 0.29) is 12.1 Å². The van der Waals surface area contributed by atoms with Crippen LogP contribution in [0.1, 0.15) is 24.6 Å². The standard InChI is InChI=1S/C15H20ClN3O/c1-18-8-6-13(7-9-18)19-14(20)10-17-15(19)11-2-4-12(16)5-3-11/h2-5,13,15,17H,6-10H2,1H3. The second-order valence-electron chi connectivity index (χ2n) is 5.67. The van der Waals surface area contributed by atoms with E-state index < -0.39 is 0 Å². The van der Waals surface area contributed by atoms with Gasteiger partial charge in [0.15, 0.2) is 0 Å². The highest BCUT2D eigenvalue weighted by Crippen LogP contribution is 2.29. The van der Waals surface area contributed by atoms with E-state index in [1.807, 2.05) is 29.2 Å². The molecule has 1 N–H and O–H groups in total. The Balaban J connectivity index is 1.79. The molecule has 1 aromatic rings. The molecule has 0 aromatic heterocycles. The van der Waals surface area contributed by atoms with Crippen molar-refractivity contribution in [3.63, 3.8) is 0 Å². The van der Waals surface area contributed by atoms with Crippen molar-refractivity contribution in [1.82, 2.24) is 15.1 Å². The smallest absolute Gasteiger partial charge is 0.238 e. The summed E-state index contributed by atoms with van der Waals surface area (Å²) in [7, 11) is 2.14. The molecule has 1 amide bonds. The number of likely N-dealkylation sites (tertiary alicyclic amines) is 1. The first kappa shape index (κ1) is 13.9. The average molecular weight is 294 g/mol. The topological polar surface area (TPSA) is 35.6 Å². The van der Waals surface area contributed by atoms with Crippen LogP contribution in [0.4, 0.5) is 0 Å². The van der Waals surface area contributed by atoms with Gasteiger partial charge in [-0.3, -0.25) is 10.1 Å². The maximum Gasteiger partial charge on any atom is 0.238 e. The quantitative estimate of drug-likeness (QED) is 0.904. The van der Waals surface area contributed by atoms with E-state index in [0.29, 0.717) is 12.6 Å². The number of carbonyl (C=O) groups excluding carboxylic acids is 1. The Hall–Kier alpha value is -1.10. The van der Waals surface area contributed by atoms with E-state index in [4.69, 9.17) is 11.6 Å². The zero-order valence-electron chi connectivity index (χ0n) is 11.7. The number of hydrogen-bond donors (Lipinski definition) is 1. The Morgan fingerprint density at radius 2 is 1.85 bits per heavy atom. The van der Waals surface area contributed by atoms with Crippen LogP contribution in [0, 0.1) is 0 Å². The summed E-state index contributed by atoms with van der Waals surface area (Å²) in [6, 6.07) is 8.11. The first-order valence-corrected chi connectivity index (χ1v) is 7.51. The van der Waals surface area contributed by atoms with Crippen LogP contribution >= 0.6 is 11.6 Å². The molecule has 2 saturated heterocycles. The zero-order valence-corrected chi connectivity index (χ0v) is 12.4. The highest BCUT2D eigenvalue weighted by atomic mass is 35.5. The molecular formula is C15H20ClN3O. The first-order chi connectivity index (χ1) is 9.65. The summed E-state index contributed by atoms with van der Waals surface area (Å²) in [6.07, 6.45) is 2.09. The number of nitrogens with zero attached hydrogens (tertiary/aromatic N) is 2. The monoisotopic (exact) mass is 293 g/mol.